The SMILES string of the molecule is Cc1cccc(C2(N)NC(=O)c3cncnc3N2C)c1. The Morgan fingerprint density at radius 3 is 2.95 bits per heavy atom. The summed E-state index contributed by atoms with van der Waals surface area (Å²) in [6.45, 7) is 1.98. The average Bonchev–Trinajstić information content (AvgIpc) is 2.45. The van der Waals surface area contributed by atoms with Gasteiger partial charge in [-0.2, -0.15) is 0 Å². The van der Waals surface area contributed by atoms with Crippen molar-refractivity contribution in [1.29, 1.82) is 0 Å². The summed E-state index contributed by atoms with van der Waals surface area (Å²) in [5, 5.41) is 2.83. The van der Waals surface area contributed by atoms with Crippen LogP contribution in [0.5, 0.6) is 0 Å². The molecule has 0 radical (unpaired) electrons. The van der Waals surface area contributed by atoms with Crippen LogP contribution >= 0.6 is 0 Å². The number of aromatic nitrogens is 2. The fraction of sp³-hybridized carbons (Fsp3) is 0.214. The van der Waals surface area contributed by atoms with E-state index in [1.54, 1.807) is 11.9 Å². The van der Waals surface area contributed by atoms with E-state index >= 15 is 0 Å². The van der Waals surface area contributed by atoms with E-state index in [1.165, 1.54) is 12.5 Å². The molecule has 1 aromatic heterocycles. The van der Waals surface area contributed by atoms with Gasteiger partial charge in [-0.05, 0) is 6.92 Å². The van der Waals surface area contributed by atoms with Crippen LogP contribution in [0, 0.1) is 6.92 Å². The Balaban J connectivity index is 2.15. The minimum absolute atomic E-state index is 0.275. The van der Waals surface area contributed by atoms with Crippen molar-refractivity contribution in [1.82, 2.24) is 15.3 Å². The standard InChI is InChI=1S/C14H15N5O/c1-9-4-3-5-10(6-9)14(15)18-13(20)11-7-16-8-17-12(11)19(14)2/h3-8H,15H2,1-2H3,(H,18,20). The fourth-order valence-electron chi connectivity index (χ4n) is 2.39. The molecule has 3 N–H and O–H groups in total. The minimum Gasteiger partial charge on any atom is -0.320 e. The third-order valence-corrected chi connectivity index (χ3v) is 3.54. The zero-order valence-corrected chi connectivity index (χ0v) is 11.3. The number of nitrogens with one attached hydrogen (secondary N) is 1. The van der Waals surface area contributed by atoms with Crippen molar-refractivity contribution in [3.8, 4) is 0 Å². The van der Waals surface area contributed by atoms with Gasteiger partial charge in [0.2, 0.25) is 0 Å². The average molecular weight is 269 g/mol. The maximum absolute atomic E-state index is 12.2. The van der Waals surface area contributed by atoms with Gasteiger partial charge in [0.1, 0.15) is 17.7 Å². The first-order chi connectivity index (χ1) is 9.52. The molecule has 0 fully saturated rings. The van der Waals surface area contributed by atoms with E-state index in [-0.39, 0.29) is 5.91 Å². The predicted molar refractivity (Wildman–Crippen MR) is 74.9 cm³/mol. The van der Waals surface area contributed by atoms with Crippen molar-refractivity contribution >= 4 is 11.7 Å². The van der Waals surface area contributed by atoms with Gasteiger partial charge in [-0.15, -0.1) is 0 Å². The summed E-state index contributed by atoms with van der Waals surface area (Å²) >= 11 is 0. The van der Waals surface area contributed by atoms with Crippen molar-refractivity contribution in [3.63, 3.8) is 0 Å². The van der Waals surface area contributed by atoms with Crippen LogP contribution in [0.25, 0.3) is 0 Å². The Morgan fingerprint density at radius 1 is 1.40 bits per heavy atom. The van der Waals surface area contributed by atoms with Crippen LogP contribution in [0.1, 0.15) is 21.5 Å². The zero-order chi connectivity index (χ0) is 14.3. The number of carbonyl (C=O) groups is 1. The molecule has 20 heavy (non-hydrogen) atoms. The maximum atomic E-state index is 12.2. The maximum Gasteiger partial charge on any atom is 0.259 e. The number of hydrogen-bond donors (Lipinski definition) is 2. The van der Waals surface area contributed by atoms with Gasteiger partial charge >= 0.3 is 0 Å². The van der Waals surface area contributed by atoms with E-state index in [4.69, 9.17) is 5.73 Å². The highest BCUT2D eigenvalue weighted by Gasteiger charge is 2.41. The number of nitrogens with two attached hydrogens (primary N) is 1. The van der Waals surface area contributed by atoms with Crippen LogP contribution in [-0.2, 0) is 5.79 Å². The zero-order valence-electron chi connectivity index (χ0n) is 11.3. The Hall–Kier alpha value is -2.47. The smallest absolute Gasteiger partial charge is 0.259 e. The van der Waals surface area contributed by atoms with Crippen LogP contribution in [-0.4, -0.2) is 22.9 Å². The van der Waals surface area contributed by atoms with Gasteiger partial charge in [0.05, 0.1) is 0 Å². The highest BCUT2D eigenvalue weighted by Crippen LogP contribution is 2.30. The lowest BCUT2D eigenvalue weighted by molar-refractivity contribution is 0.0882. The normalized spacial score (nSPS) is 21.4. The minimum atomic E-state index is -1.12. The topological polar surface area (TPSA) is 84.1 Å². The molecule has 2 heterocycles. The Kier molecular flexibility index (Phi) is 2.69. The Labute approximate surface area is 116 Å². The number of aryl methyl sites for hydroxylation is 1. The molecule has 1 aliphatic rings. The van der Waals surface area contributed by atoms with Crippen LogP contribution < -0.4 is 16.0 Å². The number of amides is 1. The first-order valence-electron chi connectivity index (χ1n) is 6.25. The quantitative estimate of drug-likeness (QED) is 0.797. The molecule has 102 valence electrons. The number of benzene rings is 1. The lowest BCUT2D eigenvalue weighted by Crippen LogP contribution is -2.66. The summed E-state index contributed by atoms with van der Waals surface area (Å²) in [5.41, 5.74) is 8.73. The molecule has 0 bridgehead atoms. The van der Waals surface area contributed by atoms with Crippen LogP contribution in [0.2, 0.25) is 0 Å². The second-order valence-corrected chi connectivity index (χ2v) is 4.91. The third-order valence-electron chi connectivity index (χ3n) is 3.54. The van der Waals surface area contributed by atoms with E-state index in [9.17, 15) is 4.79 Å². The molecule has 6 heteroatoms. The number of fused-ring (bicyclic) bond motifs is 1. The van der Waals surface area contributed by atoms with Gasteiger partial charge in [-0.1, -0.05) is 29.8 Å². The second-order valence-electron chi connectivity index (χ2n) is 4.91. The summed E-state index contributed by atoms with van der Waals surface area (Å²) in [7, 11) is 1.80. The monoisotopic (exact) mass is 269 g/mol. The highest BCUT2D eigenvalue weighted by molar-refractivity contribution is 6.01. The summed E-state index contributed by atoms with van der Waals surface area (Å²) in [4.78, 5) is 22.0. The van der Waals surface area contributed by atoms with Gasteiger partial charge in [0.25, 0.3) is 5.91 Å². The van der Waals surface area contributed by atoms with Gasteiger partial charge in [0, 0.05) is 18.8 Å². The fourth-order valence-corrected chi connectivity index (χ4v) is 2.39. The molecular weight excluding hydrogens is 254 g/mol. The summed E-state index contributed by atoms with van der Waals surface area (Å²) in [6.07, 6.45) is 2.90. The van der Waals surface area contributed by atoms with E-state index in [0.717, 1.165) is 11.1 Å². The molecule has 0 saturated heterocycles. The summed E-state index contributed by atoms with van der Waals surface area (Å²) in [5.74, 6) is -0.875. The second kappa shape index (κ2) is 4.28. The first-order valence-corrected chi connectivity index (χ1v) is 6.25. The Bertz CT molecular complexity index is 687. The van der Waals surface area contributed by atoms with E-state index < -0.39 is 5.79 Å². The molecule has 2 aromatic rings. The molecule has 1 amide bonds. The van der Waals surface area contributed by atoms with Crippen LogP contribution in [0.15, 0.2) is 36.8 Å². The van der Waals surface area contributed by atoms with Crippen molar-refractivity contribution in [3.05, 3.63) is 53.5 Å². The van der Waals surface area contributed by atoms with Crippen molar-refractivity contribution < 1.29 is 4.79 Å². The van der Waals surface area contributed by atoms with E-state index in [1.807, 2.05) is 31.2 Å². The number of carbonyl (C=O) groups excluding carboxylic acids is 1. The molecular formula is C14H15N5O. The highest BCUT2D eigenvalue weighted by atomic mass is 16.2. The molecule has 1 unspecified atom stereocenters. The van der Waals surface area contributed by atoms with E-state index in [2.05, 4.69) is 15.3 Å². The number of nitrogens with zero attached hydrogens (tertiary/aromatic N) is 3. The largest absolute Gasteiger partial charge is 0.320 e. The van der Waals surface area contributed by atoms with Crippen molar-refractivity contribution in [2.75, 3.05) is 11.9 Å². The number of rotatable bonds is 1. The number of anilines is 1. The van der Waals surface area contributed by atoms with Crippen molar-refractivity contribution in [2.24, 2.45) is 5.73 Å². The van der Waals surface area contributed by atoms with Crippen LogP contribution in [0.3, 0.4) is 0 Å². The molecule has 1 aromatic carbocycles. The molecule has 0 aliphatic carbocycles. The first kappa shape index (κ1) is 12.6. The van der Waals surface area contributed by atoms with E-state index in [0.29, 0.717) is 11.4 Å². The lowest BCUT2D eigenvalue weighted by atomic mass is 10.0. The van der Waals surface area contributed by atoms with Gasteiger partial charge in [-0.3, -0.25) is 10.5 Å². The molecule has 0 spiro atoms. The molecule has 1 aliphatic heterocycles. The summed E-state index contributed by atoms with van der Waals surface area (Å²) in [6, 6.07) is 7.72. The Morgan fingerprint density at radius 2 is 2.20 bits per heavy atom. The van der Waals surface area contributed by atoms with Gasteiger partial charge in [0.15, 0.2) is 5.79 Å². The molecule has 3 rings (SSSR count). The predicted octanol–water partition coefficient (Wildman–Crippen LogP) is 0.734. The lowest BCUT2D eigenvalue weighted by Gasteiger charge is -2.43. The molecule has 6 nitrogen and oxygen atoms in total. The number of hydrogen-bond acceptors (Lipinski definition) is 5. The van der Waals surface area contributed by atoms with Crippen molar-refractivity contribution in [2.45, 2.75) is 12.7 Å². The van der Waals surface area contributed by atoms with Gasteiger partial charge in [-0.25, -0.2) is 9.97 Å². The third kappa shape index (κ3) is 1.73. The molecule has 0 saturated carbocycles. The van der Waals surface area contributed by atoms with Gasteiger partial charge < -0.3 is 10.2 Å². The molecule has 1 atom stereocenters. The van der Waals surface area contributed by atoms with Crippen LogP contribution in [0.4, 0.5) is 5.82 Å². The summed E-state index contributed by atoms with van der Waals surface area (Å²) < 4.78 is 0.